The molecule has 0 radical (unpaired) electrons. The van der Waals surface area contributed by atoms with Gasteiger partial charge < -0.3 is 26.0 Å². The van der Waals surface area contributed by atoms with Gasteiger partial charge in [-0.15, -0.1) is 0 Å². The molecule has 10 heteroatoms. The first kappa shape index (κ1) is 20.0. The summed E-state index contributed by atoms with van der Waals surface area (Å²) in [7, 11) is 0. The van der Waals surface area contributed by atoms with E-state index < -0.39 is 18.3 Å². The fourth-order valence-corrected chi connectivity index (χ4v) is 5.69. The van der Waals surface area contributed by atoms with Gasteiger partial charge >= 0.3 is 0 Å². The Morgan fingerprint density at radius 3 is 2.72 bits per heavy atom. The maximum absolute atomic E-state index is 13.7. The predicted molar refractivity (Wildman–Crippen MR) is 105 cm³/mol. The molecule has 0 aromatic heterocycles. The molecule has 0 aromatic rings. The van der Waals surface area contributed by atoms with Crippen molar-refractivity contribution in [3.8, 4) is 0 Å². The van der Waals surface area contributed by atoms with E-state index in [0.717, 1.165) is 19.5 Å². The van der Waals surface area contributed by atoms with Gasteiger partial charge in [0.15, 0.2) is 0 Å². The lowest BCUT2D eigenvalue weighted by Crippen LogP contribution is -2.62. The minimum atomic E-state index is -0.963. The van der Waals surface area contributed by atoms with Gasteiger partial charge in [-0.05, 0) is 44.8 Å². The summed E-state index contributed by atoms with van der Waals surface area (Å²) in [5, 5.41) is 11.4. The smallest absolute Gasteiger partial charge is 0.229 e. The van der Waals surface area contributed by atoms with Gasteiger partial charge in [0, 0.05) is 26.2 Å². The molecule has 6 aliphatic heterocycles. The minimum Gasteiger partial charge on any atom is -0.371 e. The molecule has 6 aliphatic rings. The molecule has 9 nitrogen and oxygen atoms in total. The van der Waals surface area contributed by atoms with E-state index in [1.807, 2.05) is 0 Å². The standard InChI is InChI=1S/C19H34FN7O2/c20-12-7-23-18-16(17(21)25-27(18)9-12)19(28)24-13-8-22-4-1-14(13)29-15-10-26-5-2-11(15)3-6-26/h11-18,22-23,25H,1-10,21H2,(H,24,28)/t12?,13?,14?,15-,16?,17?,18?/m0/s1. The molecule has 6 N–H and O–H groups in total. The zero-order chi connectivity index (χ0) is 20.0. The Morgan fingerprint density at radius 1 is 1.14 bits per heavy atom. The van der Waals surface area contributed by atoms with E-state index in [4.69, 9.17) is 10.5 Å². The Morgan fingerprint density at radius 2 is 1.97 bits per heavy atom. The number of amides is 1. The lowest BCUT2D eigenvalue weighted by Gasteiger charge is -2.47. The number of nitrogens with zero attached hydrogens (tertiary/aromatic N) is 2. The van der Waals surface area contributed by atoms with Crippen molar-refractivity contribution in [1.82, 2.24) is 31.3 Å². The molecule has 0 aliphatic carbocycles. The van der Waals surface area contributed by atoms with Crippen molar-refractivity contribution in [3.63, 3.8) is 0 Å². The topological polar surface area (TPSA) is 107 Å². The Kier molecular flexibility index (Phi) is 5.76. The van der Waals surface area contributed by atoms with Crippen molar-refractivity contribution in [2.45, 2.75) is 56.0 Å². The van der Waals surface area contributed by atoms with Gasteiger partial charge in [0.1, 0.15) is 6.17 Å². The molecule has 6 heterocycles. The van der Waals surface area contributed by atoms with Crippen LogP contribution in [0.15, 0.2) is 0 Å². The van der Waals surface area contributed by atoms with Gasteiger partial charge in [0.05, 0.1) is 36.5 Å². The molecule has 6 rings (SSSR count). The van der Waals surface area contributed by atoms with Gasteiger partial charge in [0.25, 0.3) is 0 Å². The Bertz CT molecular complexity index is 605. The number of alkyl halides is 1. The molecule has 1 amide bonds. The molecule has 2 bridgehead atoms. The Labute approximate surface area is 171 Å². The summed E-state index contributed by atoms with van der Waals surface area (Å²) in [5.74, 6) is 0.0766. The molecular formula is C19H34FN7O2. The molecule has 29 heavy (non-hydrogen) atoms. The molecular weight excluding hydrogens is 377 g/mol. The van der Waals surface area contributed by atoms with Crippen molar-refractivity contribution < 1.29 is 13.9 Å². The number of carbonyl (C=O) groups excluding carboxylic acids is 1. The lowest BCUT2D eigenvalue weighted by atomic mass is 9.85. The maximum Gasteiger partial charge on any atom is 0.229 e. The fourth-order valence-electron chi connectivity index (χ4n) is 5.69. The zero-order valence-corrected chi connectivity index (χ0v) is 16.9. The summed E-state index contributed by atoms with van der Waals surface area (Å²) < 4.78 is 20.2. The van der Waals surface area contributed by atoms with Gasteiger partial charge in [-0.3, -0.25) is 10.1 Å². The first-order chi connectivity index (χ1) is 14.1. The van der Waals surface area contributed by atoms with Crippen molar-refractivity contribution in [3.05, 3.63) is 0 Å². The highest BCUT2D eigenvalue weighted by atomic mass is 19.1. The predicted octanol–water partition coefficient (Wildman–Crippen LogP) is -2.07. The van der Waals surface area contributed by atoms with Gasteiger partial charge in [-0.25, -0.2) is 14.8 Å². The van der Waals surface area contributed by atoms with Crippen LogP contribution in [0.1, 0.15) is 19.3 Å². The largest absolute Gasteiger partial charge is 0.371 e. The normalized spacial score (nSPS) is 47.7. The average Bonchev–Trinajstić information content (AvgIpc) is 3.05. The van der Waals surface area contributed by atoms with Crippen molar-refractivity contribution >= 4 is 5.91 Å². The fraction of sp³-hybridized carbons (Fsp3) is 0.947. The van der Waals surface area contributed by atoms with Crippen LogP contribution in [0.2, 0.25) is 0 Å². The van der Waals surface area contributed by atoms with Crippen LogP contribution in [0.25, 0.3) is 0 Å². The van der Waals surface area contributed by atoms with Crippen LogP contribution in [0.4, 0.5) is 4.39 Å². The number of hydrogen-bond donors (Lipinski definition) is 5. The zero-order valence-electron chi connectivity index (χ0n) is 16.9. The van der Waals surface area contributed by atoms with Crippen LogP contribution in [0.3, 0.4) is 0 Å². The van der Waals surface area contributed by atoms with Crippen LogP contribution in [-0.2, 0) is 9.53 Å². The van der Waals surface area contributed by atoms with Crippen LogP contribution in [0, 0.1) is 11.8 Å². The van der Waals surface area contributed by atoms with E-state index >= 15 is 0 Å². The maximum atomic E-state index is 13.7. The number of hydrogen-bond acceptors (Lipinski definition) is 8. The van der Waals surface area contributed by atoms with Crippen molar-refractivity contribution in [2.24, 2.45) is 17.6 Å². The number of fused-ring (bicyclic) bond motifs is 4. The second-order valence-electron chi connectivity index (χ2n) is 9.24. The highest BCUT2D eigenvalue weighted by Gasteiger charge is 2.48. The third-order valence-electron chi connectivity index (χ3n) is 7.32. The van der Waals surface area contributed by atoms with Gasteiger partial charge in [-0.1, -0.05) is 0 Å². The summed E-state index contributed by atoms with van der Waals surface area (Å²) in [4.78, 5) is 15.6. The molecule has 7 atom stereocenters. The molecule has 6 fully saturated rings. The van der Waals surface area contributed by atoms with Gasteiger partial charge in [0.2, 0.25) is 5.91 Å². The van der Waals surface area contributed by atoms with Crippen LogP contribution in [-0.4, -0.2) is 98.4 Å². The number of ether oxygens (including phenoxy) is 1. The monoisotopic (exact) mass is 411 g/mol. The second kappa shape index (κ2) is 8.33. The number of halogens is 1. The second-order valence-corrected chi connectivity index (χ2v) is 9.24. The summed E-state index contributed by atoms with van der Waals surface area (Å²) in [6.07, 6.45) is 1.83. The lowest BCUT2D eigenvalue weighted by molar-refractivity contribution is -0.135. The average molecular weight is 412 g/mol. The summed E-state index contributed by atoms with van der Waals surface area (Å²) >= 11 is 0. The SMILES string of the molecule is NC1NN2CC(F)CNC2C1C(=O)NC1CNCCC1O[C@H]1CN2CCC1CC2. The van der Waals surface area contributed by atoms with Crippen molar-refractivity contribution in [1.29, 1.82) is 0 Å². The van der Waals surface area contributed by atoms with Crippen LogP contribution < -0.4 is 27.1 Å². The molecule has 164 valence electrons. The molecule has 6 unspecified atom stereocenters. The van der Waals surface area contributed by atoms with Crippen LogP contribution >= 0.6 is 0 Å². The number of carbonyl (C=O) groups is 1. The van der Waals surface area contributed by atoms with Crippen LogP contribution in [0.5, 0.6) is 0 Å². The quantitative estimate of drug-likeness (QED) is 0.359. The first-order valence-corrected chi connectivity index (χ1v) is 11.1. The summed E-state index contributed by atoms with van der Waals surface area (Å²) in [6, 6.07) is -0.0783. The number of nitrogens with one attached hydrogen (secondary N) is 4. The Balaban J connectivity index is 1.22. The summed E-state index contributed by atoms with van der Waals surface area (Å²) in [5.41, 5.74) is 9.23. The van der Waals surface area contributed by atoms with E-state index in [-0.39, 0.29) is 43.4 Å². The van der Waals surface area contributed by atoms with Gasteiger partial charge in [-0.2, -0.15) is 0 Å². The highest BCUT2D eigenvalue weighted by molar-refractivity contribution is 5.80. The molecule has 0 saturated carbocycles. The first-order valence-electron chi connectivity index (χ1n) is 11.1. The van der Waals surface area contributed by atoms with Crippen molar-refractivity contribution in [2.75, 3.05) is 45.8 Å². The molecule has 0 aromatic carbocycles. The third-order valence-corrected chi connectivity index (χ3v) is 7.32. The summed E-state index contributed by atoms with van der Waals surface area (Å²) in [6.45, 7) is 5.47. The van der Waals surface area contributed by atoms with E-state index in [1.165, 1.54) is 25.9 Å². The van der Waals surface area contributed by atoms with E-state index in [1.54, 1.807) is 5.01 Å². The molecule has 0 spiro atoms. The van der Waals surface area contributed by atoms with E-state index in [2.05, 4.69) is 26.3 Å². The Hall–Kier alpha value is -0.880. The minimum absolute atomic E-state index is 0.0157. The highest BCUT2D eigenvalue weighted by Crippen LogP contribution is 2.31. The van der Waals surface area contributed by atoms with E-state index in [0.29, 0.717) is 12.5 Å². The number of hydrazine groups is 1. The number of rotatable bonds is 4. The van der Waals surface area contributed by atoms with E-state index in [9.17, 15) is 9.18 Å². The molecule has 6 saturated heterocycles. The number of nitrogens with two attached hydrogens (primary N) is 1. The third kappa shape index (κ3) is 4.04. The number of piperidine rings is 4.